The summed E-state index contributed by atoms with van der Waals surface area (Å²) >= 11 is 1.78. The predicted octanol–water partition coefficient (Wildman–Crippen LogP) is 3.52. The number of hydrogen-bond donors (Lipinski definition) is 1. The number of alkyl carbamates (subject to hydrolysis) is 1. The highest BCUT2D eigenvalue weighted by atomic mass is 32.1. The van der Waals surface area contributed by atoms with E-state index in [4.69, 9.17) is 4.74 Å². The number of fused-ring (bicyclic) bond motifs is 1. The molecule has 0 bridgehead atoms. The van der Waals surface area contributed by atoms with Gasteiger partial charge in [0.2, 0.25) is 0 Å². The van der Waals surface area contributed by atoms with Gasteiger partial charge in [0.1, 0.15) is 5.60 Å². The molecular weight excluding hydrogens is 246 g/mol. The van der Waals surface area contributed by atoms with E-state index in [1.54, 1.807) is 11.3 Å². The van der Waals surface area contributed by atoms with Gasteiger partial charge in [-0.15, -0.1) is 11.3 Å². The van der Waals surface area contributed by atoms with Crippen molar-refractivity contribution in [3.8, 4) is 0 Å². The predicted molar refractivity (Wildman–Crippen MR) is 74.1 cm³/mol. The molecule has 0 aromatic carbocycles. The summed E-state index contributed by atoms with van der Waals surface area (Å²) in [5.41, 5.74) is 0.812. The maximum atomic E-state index is 11.9. The lowest BCUT2D eigenvalue weighted by atomic mass is 9.83. The molecule has 0 radical (unpaired) electrons. The Balaban J connectivity index is 2.00. The van der Waals surface area contributed by atoms with E-state index in [0.717, 1.165) is 19.3 Å². The Morgan fingerprint density at radius 2 is 2.22 bits per heavy atom. The second-order valence-corrected chi connectivity index (χ2v) is 7.23. The topological polar surface area (TPSA) is 38.3 Å². The summed E-state index contributed by atoms with van der Waals surface area (Å²) in [5.74, 6) is 0. The molecule has 0 fully saturated rings. The molecule has 0 saturated heterocycles. The first-order chi connectivity index (χ1) is 8.27. The van der Waals surface area contributed by atoms with Gasteiger partial charge in [0.25, 0.3) is 0 Å². The number of thiophene rings is 1. The average Bonchev–Trinajstić information content (AvgIpc) is 2.59. The van der Waals surface area contributed by atoms with Gasteiger partial charge in [0.15, 0.2) is 0 Å². The van der Waals surface area contributed by atoms with Crippen LogP contribution in [0.4, 0.5) is 4.79 Å². The third-order valence-electron chi connectivity index (χ3n) is 3.14. The van der Waals surface area contributed by atoms with Crippen LogP contribution in [0.25, 0.3) is 0 Å². The quantitative estimate of drug-likeness (QED) is 0.845. The largest absolute Gasteiger partial charge is 0.444 e. The van der Waals surface area contributed by atoms with E-state index in [1.165, 1.54) is 10.4 Å². The van der Waals surface area contributed by atoms with Crippen molar-refractivity contribution in [1.82, 2.24) is 5.32 Å². The molecule has 100 valence electrons. The molecule has 0 aliphatic heterocycles. The number of rotatable bonds is 1. The van der Waals surface area contributed by atoms with Crippen molar-refractivity contribution in [3.63, 3.8) is 0 Å². The Bertz CT molecular complexity index is 447. The smallest absolute Gasteiger partial charge is 0.408 e. The van der Waals surface area contributed by atoms with Crippen molar-refractivity contribution in [1.29, 1.82) is 0 Å². The summed E-state index contributed by atoms with van der Waals surface area (Å²) in [4.78, 5) is 13.2. The fourth-order valence-corrected chi connectivity index (χ4v) is 3.37. The molecular formula is C14H21NO2S. The third kappa shape index (κ3) is 3.25. The van der Waals surface area contributed by atoms with Crippen LogP contribution in [0.5, 0.6) is 0 Å². The molecule has 2 rings (SSSR count). The normalized spacial score (nSPS) is 23.3. The second kappa shape index (κ2) is 4.57. The number of amides is 1. The van der Waals surface area contributed by atoms with Crippen LogP contribution in [0, 0.1) is 0 Å². The van der Waals surface area contributed by atoms with Crippen LogP contribution in [-0.4, -0.2) is 17.2 Å². The fraction of sp³-hybridized carbons (Fsp3) is 0.643. The van der Waals surface area contributed by atoms with Gasteiger partial charge in [-0.25, -0.2) is 4.79 Å². The summed E-state index contributed by atoms with van der Waals surface area (Å²) < 4.78 is 5.33. The lowest BCUT2D eigenvalue weighted by molar-refractivity contribution is 0.0455. The Hall–Kier alpha value is -1.03. The lowest BCUT2D eigenvalue weighted by Crippen LogP contribution is -2.50. The molecule has 3 nitrogen and oxygen atoms in total. The van der Waals surface area contributed by atoms with Crippen LogP contribution in [0.15, 0.2) is 11.4 Å². The van der Waals surface area contributed by atoms with E-state index in [2.05, 4.69) is 23.7 Å². The molecule has 1 N–H and O–H groups in total. The van der Waals surface area contributed by atoms with E-state index in [-0.39, 0.29) is 11.6 Å². The molecule has 0 unspecified atom stereocenters. The third-order valence-corrected chi connectivity index (χ3v) is 4.10. The monoisotopic (exact) mass is 267 g/mol. The van der Waals surface area contributed by atoms with Gasteiger partial charge in [-0.3, -0.25) is 0 Å². The van der Waals surface area contributed by atoms with E-state index in [9.17, 15) is 4.79 Å². The summed E-state index contributed by atoms with van der Waals surface area (Å²) in [6.07, 6.45) is 2.59. The van der Waals surface area contributed by atoms with Crippen LogP contribution in [0.3, 0.4) is 0 Å². The zero-order valence-electron chi connectivity index (χ0n) is 11.5. The summed E-state index contributed by atoms with van der Waals surface area (Å²) in [7, 11) is 0. The molecule has 1 atom stereocenters. The maximum Gasteiger partial charge on any atom is 0.408 e. The van der Waals surface area contributed by atoms with Gasteiger partial charge >= 0.3 is 6.09 Å². The number of hydrogen-bond acceptors (Lipinski definition) is 3. The van der Waals surface area contributed by atoms with Crippen LogP contribution < -0.4 is 5.32 Å². The van der Waals surface area contributed by atoms with E-state index in [0.29, 0.717) is 0 Å². The van der Waals surface area contributed by atoms with Crippen molar-refractivity contribution in [2.75, 3.05) is 0 Å². The number of carbonyl (C=O) groups is 1. The lowest BCUT2D eigenvalue weighted by Gasteiger charge is -2.35. The second-order valence-electron chi connectivity index (χ2n) is 6.23. The van der Waals surface area contributed by atoms with Crippen molar-refractivity contribution >= 4 is 17.4 Å². The Morgan fingerprint density at radius 3 is 2.89 bits per heavy atom. The van der Waals surface area contributed by atoms with Gasteiger partial charge in [-0.2, -0.15) is 0 Å². The highest BCUT2D eigenvalue weighted by molar-refractivity contribution is 7.10. The van der Waals surface area contributed by atoms with Crippen LogP contribution >= 0.6 is 11.3 Å². The van der Waals surface area contributed by atoms with E-state index >= 15 is 0 Å². The number of aryl methyl sites for hydroxylation is 1. The highest BCUT2D eigenvalue weighted by Gasteiger charge is 2.33. The Kier molecular flexibility index (Phi) is 3.41. The zero-order chi connectivity index (χ0) is 13.4. The molecule has 0 saturated carbocycles. The minimum atomic E-state index is -0.441. The molecule has 1 aromatic heterocycles. The molecule has 1 aromatic rings. The molecule has 0 spiro atoms. The number of carbonyl (C=O) groups excluding carboxylic acids is 1. The summed E-state index contributed by atoms with van der Waals surface area (Å²) in [6, 6.07) is 2.19. The Morgan fingerprint density at radius 1 is 1.50 bits per heavy atom. The zero-order valence-corrected chi connectivity index (χ0v) is 12.3. The van der Waals surface area contributed by atoms with E-state index in [1.807, 2.05) is 20.8 Å². The van der Waals surface area contributed by atoms with Crippen LogP contribution in [0.2, 0.25) is 0 Å². The SMILES string of the molecule is CC(C)(C)OC(=O)N[C@]1(C)CCc2ccsc2C1. The van der Waals surface area contributed by atoms with Gasteiger partial charge < -0.3 is 10.1 Å². The molecule has 4 heteroatoms. The first-order valence-corrected chi connectivity index (χ1v) is 7.22. The minimum Gasteiger partial charge on any atom is -0.444 e. The number of nitrogens with one attached hydrogen (secondary N) is 1. The van der Waals surface area contributed by atoms with Crippen LogP contribution in [0.1, 0.15) is 44.6 Å². The van der Waals surface area contributed by atoms with Gasteiger partial charge in [0, 0.05) is 16.8 Å². The maximum absolute atomic E-state index is 11.9. The van der Waals surface area contributed by atoms with Crippen molar-refractivity contribution in [3.05, 3.63) is 21.9 Å². The molecule has 1 aliphatic carbocycles. The number of ether oxygens (including phenoxy) is 1. The first kappa shape index (κ1) is 13.4. The fourth-order valence-electron chi connectivity index (χ4n) is 2.25. The molecule has 18 heavy (non-hydrogen) atoms. The minimum absolute atomic E-state index is 0.180. The van der Waals surface area contributed by atoms with Crippen LogP contribution in [-0.2, 0) is 17.6 Å². The summed E-state index contributed by atoms with van der Waals surface area (Å²) in [6.45, 7) is 7.74. The summed E-state index contributed by atoms with van der Waals surface area (Å²) in [5, 5.41) is 5.16. The van der Waals surface area contributed by atoms with Crippen molar-refractivity contribution in [2.45, 2.75) is 58.1 Å². The van der Waals surface area contributed by atoms with E-state index < -0.39 is 5.60 Å². The highest BCUT2D eigenvalue weighted by Crippen LogP contribution is 2.32. The van der Waals surface area contributed by atoms with Gasteiger partial charge in [-0.05, 0) is 57.5 Å². The van der Waals surface area contributed by atoms with Crippen molar-refractivity contribution < 1.29 is 9.53 Å². The molecule has 1 amide bonds. The van der Waals surface area contributed by atoms with Gasteiger partial charge in [-0.1, -0.05) is 0 Å². The molecule has 1 heterocycles. The molecule has 1 aliphatic rings. The Labute approximate surface area is 113 Å². The average molecular weight is 267 g/mol. The van der Waals surface area contributed by atoms with Crippen molar-refractivity contribution in [2.24, 2.45) is 0 Å². The standard InChI is InChI=1S/C14H21NO2S/c1-13(2,3)17-12(16)15-14(4)7-5-10-6-8-18-11(10)9-14/h6,8H,5,7,9H2,1-4H3,(H,15,16)/t14-/m1/s1. The van der Waals surface area contributed by atoms with Gasteiger partial charge in [0.05, 0.1) is 0 Å². The first-order valence-electron chi connectivity index (χ1n) is 6.34.